The average molecular weight is 463 g/mol. The molecule has 178 valence electrons. The van der Waals surface area contributed by atoms with E-state index >= 15 is 0 Å². The first-order valence-corrected chi connectivity index (χ1v) is 12.0. The van der Waals surface area contributed by atoms with Crippen molar-refractivity contribution in [2.75, 3.05) is 19.7 Å². The number of piperidine rings is 2. The fourth-order valence-corrected chi connectivity index (χ4v) is 5.06. The van der Waals surface area contributed by atoms with Gasteiger partial charge in [-0.05, 0) is 69.0 Å². The summed E-state index contributed by atoms with van der Waals surface area (Å²) in [5.41, 5.74) is 3.70. The lowest BCUT2D eigenvalue weighted by Crippen LogP contribution is -2.52. The lowest BCUT2D eigenvalue weighted by atomic mass is 9.97. The molecular weight excluding hydrogens is 432 g/mol. The summed E-state index contributed by atoms with van der Waals surface area (Å²) in [5, 5.41) is 2.35. The van der Waals surface area contributed by atoms with Crippen LogP contribution in [0.25, 0.3) is 0 Å². The number of hydrogen-bond acceptors (Lipinski definition) is 6. The molecule has 8 nitrogen and oxygen atoms in total. The van der Waals surface area contributed by atoms with Gasteiger partial charge in [0.05, 0.1) is 13.2 Å². The highest BCUT2D eigenvalue weighted by atomic mass is 16.5. The number of hydrogen-bond donors (Lipinski definition) is 1. The summed E-state index contributed by atoms with van der Waals surface area (Å²) in [4.78, 5) is 45.2. The molecule has 3 amide bonds. The van der Waals surface area contributed by atoms with E-state index in [0.717, 1.165) is 43.7 Å². The highest BCUT2D eigenvalue weighted by molar-refractivity contribution is 6.05. The van der Waals surface area contributed by atoms with E-state index in [0.29, 0.717) is 36.8 Å². The van der Waals surface area contributed by atoms with Crippen molar-refractivity contribution in [3.05, 3.63) is 58.9 Å². The molecule has 1 aromatic heterocycles. The Kier molecular flexibility index (Phi) is 6.32. The number of likely N-dealkylation sites (tertiary alicyclic amines) is 1. The number of ether oxygens (including phenoxy) is 1. The maximum atomic E-state index is 13.0. The number of imide groups is 1. The number of pyridine rings is 1. The zero-order valence-corrected chi connectivity index (χ0v) is 19.5. The normalized spacial score (nSPS) is 21.5. The van der Waals surface area contributed by atoms with Gasteiger partial charge in [-0.3, -0.25) is 29.6 Å². The monoisotopic (exact) mass is 462 g/mol. The van der Waals surface area contributed by atoms with E-state index in [1.807, 2.05) is 25.3 Å². The fourth-order valence-electron chi connectivity index (χ4n) is 5.06. The largest absolute Gasteiger partial charge is 0.493 e. The molecule has 5 rings (SSSR count). The number of carbonyl (C=O) groups excluding carboxylic acids is 3. The number of fused-ring (bicyclic) bond motifs is 1. The van der Waals surface area contributed by atoms with Crippen LogP contribution in [0.1, 0.15) is 52.9 Å². The molecule has 2 aromatic rings. The summed E-state index contributed by atoms with van der Waals surface area (Å²) in [5.74, 6) is 0.332. The van der Waals surface area contributed by atoms with Gasteiger partial charge in [-0.15, -0.1) is 0 Å². The molecule has 0 aliphatic carbocycles. The van der Waals surface area contributed by atoms with Gasteiger partial charge in [0.15, 0.2) is 0 Å². The standard InChI is InChI=1S/C26H30N4O4/c1-17-5-6-19(13-27-17)14-29-11-9-18(10-12-29)16-34-23-4-2-3-20-21(23)15-30(26(20)33)22-7-8-24(31)28-25(22)32/h2-6,13,18,22H,7-12,14-16H2,1H3,(H,28,31,32). The molecule has 1 N–H and O–H groups in total. The lowest BCUT2D eigenvalue weighted by molar-refractivity contribution is -0.136. The maximum absolute atomic E-state index is 13.0. The molecule has 3 aliphatic heterocycles. The van der Waals surface area contributed by atoms with Gasteiger partial charge in [0, 0.05) is 36.0 Å². The Hall–Kier alpha value is -3.26. The molecule has 0 bridgehead atoms. The van der Waals surface area contributed by atoms with E-state index < -0.39 is 11.9 Å². The van der Waals surface area contributed by atoms with E-state index in [9.17, 15) is 14.4 Å². The molecule has 0 radical (unpaired) electrons. The van der Waals surface area contributed by atoms with Crippen LogP contribution in [0.15, 0.2) is 36.5 Å². The third-order valence-corrected chi connectivity index (χ3v) is 7.10. The van der Waals surface area contributed by atoms with Gasteiger partial charge >= 0.3 is 0 Å². The Morgan fingerprint density at radius 3 is 2.65 bits per heavy atom. The molecule has 0 saturated carbocycles. The van der Waals surface area contributed by atoms with Crippen molar-refractivity contribution >= 4 is 17.7 Å². The summed E-state index contributed by atoms with van der Waals surface area (Å²) < 4.78 is 6.22. The number of rotatable bonds is 6. The molecule has 34 heavy (non-hydrogen) atoms. The molecule has 1 aromatic carbocycles. The predicted octanol–water partition coefficient (Wildman–Crippen LogP) is 2.44. The number of nitrogens with zero attached hydrogens (tertiary/aromatic N) is 3. The summed E-state index contributed by atoms with van der Waals surface area (Å²) >= 11 is 0. The van der Waals surface area contributed by atoms with Crippen molar-refractivity contribution in [1.29, 1.82) is 0 Å². The van der Waals surface area contributed by atoms with E-state index in [-0.39, 0.29) is 18.2 Å². The summed E-state index contributed by atoms with van der Waals surface area (Å²) in [6.07, 6.45) is 4.70. The molecule has 1 unspecified atom stereocenters. The van der Waals surface area contributed by atoms with Crippen LogP contribution < -0.4 is 10.1 Å². The number of benzene rings is 1. The van der Waals surface area contributed by atoms with Gasteiger partial charge in [0.25, 0.3) is 5.91 Å². The van der Waals surface area contributed by atoms with Gasteiger partial charge in [-0.1, -0.05) is 12.1 Å². The third kappa shape index (κ3) is 4.68. The molecule has 4 heterocycles. The topological polar surface area (TPSA) is 91.8 Å². The summed E-state index contributed by atoms with van der Waals surface area (Å²) in [6, 6.07) is 9.11. The van der Waals surface area contributed by atoms with E-state index in [4.69, 9.17) is 4.74 Å². The Morgan fingerprint density at radius 2 is 1.91 bits per heavy atom. The van der Waals surface area contributed by atoms with Gasteiger partial charge in [-0.25, -0.2) is 0 Å². The summed E-state index contributed by atoms with van der Waals surface area (Å²) in [7, 11) is 0. The second-order valence-electron chi connectivity index (χ2n) is 9.52. The van der Waals surface area contributed by atoms with Crippen LogP contribution in [0, 0.1) is 12.8 Å². The third-order valence-electron chi connectivity index (χ3n) is 7.10. The number of nitrogens with one attached hydrogen (secondary N) is 1. The minimum Gasteiger partial charge on any atom is -0.493 e. The average Bonchev–Trinajstić information content (AvgIpc) is 3.17. The molecule has 1 atom stereocenters. The first kappa shape index (κ1) is 22.5. The van der Waals surface area contributed by atoms with Crippen LogP contribution in [0.5, 0.6) is 5.75 Å². The second kappa shape index (κ2) is 9.54. The predicted molar refractivity (Wildman–Crippen MR) is 125 cm³/mol. The first-order valence-electron chi connectivity index (χ1n) is 12.0. The smallest absolute Gasteiger partial charge is 0.255 e. The maximum Gasteiger partial charge on any atom is 0.255 e. The SMILES string of the molecule is Cc1ccc(CN2CCC(COc3cccc4c3CN(C3CCC(=O)NC3=O)C4=O)CC2)cn1. The Bertz CT molecular complexity index is 1090. The Labute approximate surface area is 199 Å². The zero-order chi connectivity index (χ0) is 23.7. The summed E-state index contributed by atoms with van der Waals surface area (Å²) in [6.45, 7) is 5.92. The van der Waals surface area contributed by atoms with Crippen molar-refractivity contribution in [2.45, 2.75) is 51.7 Å². The second-order valence-corrected chi connectivity index (χ2v) is 9.52. The highest BCUT2D eigenvalue weighted by Crippen LogP contribution is 2.34. The van der Waals surface area contributed by atoms with E-state index in [1.54, 1.807) is 11.0 Å². The van der Waals surface area contributed by atoms with Crippen LogP contribution in [0.2, 0.25) is 0 Å². The minimum atomic E-state index is -0.612. The quantitative estimate of drug-likeness (QED) is 0.663. The van der Waals surface area contributed by atoms with Crippen LogP contribution in [-0.4, -0.2) is 58.2 Å². The molecule has 0 spiro atoms. The van der Waals surface area contributed by atoms with E-state index in [1.165, 1.54) is 5.56 Å². The molecule has 3 aliphatic rings. The van der Waals surface area contributed by atoms with Crippen molar-refractivity contribution in [3.8, 4) is 5.75 Å². The highest BCUT2D eigenvalue weighted by Gasteiger charge is 2.40. The molecule has 2 saturated heterocycles. The van der Waals surface area contributed by atoms with Crippen molar-refractivity contribution in [3.63, 3.8) is 0 Å². The van der Waals surface area contributed by atoms with Crippen LogP contribution in [-0.2, 0) is 22.7 Å². The minimum absolute atomic E-state index is 0.172. The van der Waals surface area contributed by atoms with Gasteiger partial charge in [0.1, 0.15) is 11.8 Å². The van der Waals surface area contributed by atoms with Gasteiger partial charge in [0.2, 0.25) is 11.8 Å². The lowest BCUT2D eigenvalue weighted by Gasteiger charge is -2.32. The van der Waals surface area contributed by atoms with Gasteiger partial charge < -0.3 is 9.64 Å². The van der Waals surface area contributed by atoms with Gasteiger partial charge in [-0.2, -0.15) is 0 Å². The van der Waals surface area contributed by atoms with Crippen LogP contribution in [0.4, 0.5) is 0 Å². The molecular formula is C26H30N4O4. The number of amides is 3. The fraction of sp³-hybridized carbons (Fsp3) is 0.462. The van der Waals surface area contributed by atoms with Crippen molar-refractivity contribution in [2.24, 2.45) is 5.92 Å². The molecule has 8 heteroatoms. The number of aromatic nitrogens is 1. The Balaban J connectivity index is 1.16. The van der Waals surface area contributed by atoms with E-state index in [2.05, 4.69) is 27.3 Å². The van der Waals surface area contributed by atoms with Crippen molar-refractivity contribution < 1.29 is 19.1 Å². The zero-order valence-electron chi connectivity index (χ0n) is 19.5. The number of carbonyl (C=O) groups is 3. The molecule has 2 fully saturated rings. The van der Waals surface area contributed by atoms with Crippen LogP contribution in [0.3, 0.4) is 0 Å². The first-order chi connectivity index (χ1) is 16.5. The van der Waals surface area contributed by atoms with Crippen LogP contribution >= 0.6 is 0 Å². The van der Waals surface area contributed by atoms with Crippen molar-refractivity contribution in [1.82, 2.24) is 20.1 Å². The Morgan fingerprint density at radius 1 is 1.09 bits per heavy atom. The number of aryl methyl sites for hydroxylation is 1.